The number of nitrogens with zero attached hydrogens (tertiary/aromatic N) is 1. The molecular formula is C22H18BrNO3. The number of carbonyl (C=O) groups excluding carboxylic acids is 2. The molecule has 3 aromatic rings. The molecule has 1 N–H and O–H groups in total. The lowest BCUT2D eigenvalue weighted by molar-refractivity contribution is 0.0886. The average Bonchev–Trinajstić information content (AvgIpc) is 2.88. The van der Waals surface area contributed by atoms with Crippen LogP contribution in [-0.4, -0.2) is 21.7 Å². The molecule has 1 aliphatic carbocycles. The lowest BCUT2D eigenvalue weighted by Gasteiger charge is -2.14. The molecule has 4 nitrogen and oxygen atoms in total. The molecule has 1 aromatic heterocycles. The fourth-order valence-electron chi connectivity index (χ4n) is 3.57. The lowest BCUT2D eigenvalue weighted by atomic mass is 9.96. The summed E-state index contributed by atoms with van der Waals surface area (Å²) in [4.78, 5) is 30.3. The zero-order valence-corrected chi connectivity index (χ0v) is 16.8. The summed E-state index contributed by atoms with van der Waals surface area (Å²) in [5, 5.41) is 11.5. The van der Waals surface area contributed by atoms with Gasteiger partial charge >= 0.3 is 0 Å². The van der Waals surface area contributed by atoms with E-state index in [1.54, 1.807) is 12.1 Å². The van der Waals surface area contributed by atoms with Gasteiger partial charge in [-0.05, 0) is 52.5 Å². The summed E-state index contributed by atoms with van der Waals surface area (Å²) in [6, 6.07) is 11.0. The van der Waals surface area contributed by atoms with Crippen LogP contribution in [0.1, 0.15) is 63.2 Å². The number of ketones is 2. The van der Waals surface area contributed by atoms with Gasteiger partial charge in [-0.3, -0.25) is 9.59 Å². The zero-order valence-electron chi connectivity index (χ0n) is 15.2. The van der Waals surface area contributed by atoms with Crippen molar-refractivity contribution in [1.82, 2.24) is 4.98 Å². The zero-order chi connectivity index (χ0) is 19.5. The number of hydrogen-bond donors (Lipinski definition) is 1. The second-order valence-electron chi connectivity index (χ2n) is 7.30. The number of pyridine rings is 1. The first-order valence-corrected chi connectivity index (χ1v) is 9.60. The molecule has 1 heterocycles. The van der Waals surface area contributed by atoms with Gasteiger partial charge < -0.3 is 5.11 Å². The van der Waals surface area contributed by atoms with E-state index in [1.807, 2.05) is 31.2 Å². The largest absolute Gasteiger partial charge is 0.505 e. The molecule has 2 aromatic carbocycles. The first-order chi connectivity index (χ1) is 12.8. The van der Waals surface area contributed by atoms with Crippen LogP contribution in [0.15, 0.2) is 40.9 Å². The van der Waals surface area contributed by atoms with E-state index in [0.29, 0.717) is 27.0 Å². The van der Waals surface area contributed by atoms with Gasteiger partial charge in [0.1, 0.15) is 11.6 Å². The number of rotatable bonds is 2. The molecule has 0 spiro atoms. The average molecular weight is 424 g/mol. The number of Topliss-reactive ketones (excluding diaryl/α,β-unsaturated/α-hetero) is 2. The summed E-state index contributed by atoms with van der Waals surface area (Å²) in [5.41, 5.74) is 3.56. The fraction of sp³-hybridized carbons (Fsp3) is 0.227. The summed E-state index contributed by atoms with van der Waals surface area (Å²) >= 11 is 3.44. The second-order valence-corrected chi connectivity index (χ2v) is 8.09. The van der Waals surface area contributed by atoms with Crippen molar-refractivity contribution in [2.75, 3.05) is 0 Å². The van der Waals surface area contributed by atoms with Crippen molar-refractivity contribution < 1.29 is 14.7 Å². The Morgan fingerprint density at radius 3 is 2.44 bits per heavy atom. The minimum absolute atomic E-state index is 0.107. The van der Waals surface area contributed by atoms with Crippen LogP contribution in [0.4, 0.5) is 0 Å². The van der Waals surface area contributed by atoms with Crippen LogP contribution in [0, 0.1) is 6.92 Å². The van der Waals surface area contributed by atoms with Gasteiger partial charge in [0.25, 0.3) is 0 Å². The number of halogens is 1. The Balaban J connectivity index is 1.90. The number of carbonyl (C=O) groups is 2. The maximum atomic E-state index is 12.9. The van der Waals surface area contributed by atoms with Crippen molar-refractivity contribution in [1.29, 1.82) is 0 Å². The van der Waals surface area contributed by atoms with E-state index in [0.717, 1.165) is 16.5 Å². The lowest BCUT2D eigenvalue weighted by Crippen LogP contribution is -2.15. The van der Waals surface area contributed by atoms with Crippen LogP contribution in [0.25, 0.3) is 10.9 Å². The van der Waals surface area contributed by atoms with Crippen molar-refractivity contribution in [2.24, 2.45) is 0 Å². The number of fused-ring (bicyclic) bond motifs is 2. The Morgan fingerprint density at radius 1 is 1.04 bits per heavy atom. The van der Waals surface area contributed by atoms with Gasteiger partial charge in [-0.15, -0.1) is 0 Å². The molecule has 0 aliphatic heterocycles. The minimum atomic E-state index is -1.10. The molecule has 27 heavy (non-hydrogen) atoms. The second kappa shape index (κ2) is 6.27. The highest BCUT2D eigenvalue weighted by Gasteiger charge is 2.42. The molecule has 0 fully saturated rings. The number of aryl methyl sites for hydroxylation is 1. The van der Waals surface area contributed by atoms with Crippen LogP contribution in [-0.2, 0) is 0 Å². The summed E-state index contributed by atoms with van der Waals surface area (Å²) in [6.45, 7) is 6.05. The molecule has 1 atom stereocenters. The van der Waals surface area contributed by atoms with E-state index in [-0.39, 0.29) is 23.0 Å². The minimum Gasteiger partial charge on any atom is -0.505 e. The van der Waals surface area contributed by atoms with Crippen molar-refractivity contribution in [3.05, 3.63) is 68.8 Å². The van der Waals surface area contributed by atoms with Gasteiger partial charge in [0.05, 0.1) is 9.99 Å². The first-order valence-electron chi connectivity index (χ1n) is 8.80. The molecule has 4 rings (SSSR count). The first kappa shape index (κ1) is 17.9. The predicted molar refractivity (Wildman–Crippen MR) is 108 cm³/mol. The number of benzene rings is 2. The molecular weight excluding hydrogens is 406 g/mol. The van der Waals surface area contributed by atoms with E-state index >= 15 is 0 Å². The standard InChI is InChI=1S/C22H18BrNO3/c1-10(2)12-5-7-16-15(9-12)18(23)22(27)19(24-16)17-20(25)13-6-4-11(3)8-14(13)21(17)26/h4-10,17,27H,1-3H3. The van der Waals surface area contributed by atoms with Gasteiger partial charge in [0.15, 0.2) is 17.3 Å². The topological polar surface area (TPSA) is 67.3 Å². The molecule has 0 amide bonds. The molecule has 1 aliphatic rings. The van der Waals surface area contributed by atoms with Crippen LogP contribution in [0.2, 0.25) is 0 Å². The van der Waals surface area contributed by atoms with Gasteiger partial charge in [0.2, 0.25) is 0 Å². The summed E-state index contributed by atoms with van der Waals surface area (Å²) in [6.07, 6.45) is 0. The van der Waals surface area contributed by atoms with Crippen molar-refractivity contribution in [3.63, 3.8) is 0 Å². The van der Waals surface area contributed by atoms with Crippen molar-refractivity contribution >= 4 is 38.4 Å². The van der Waals surface area contributed by atoms with Crippen molar-refractivity contribution in [3.8, 4) is 5.75 Å². The summed E-state index contributed by atoms with van der Waals surface area (Å²) in [7, 11) is 0. The van der Waals surface area contributed by atoms with Crippen molar-refractivity contribution in [2.45, 2.75) is 32.6 Å². The van der Waals surface area contributed by atoms with E-state index in [2.05, 4.69) is 34.8 Å². The third-order valence-electron chi connectivity index (χ3n) is 5.12. The maximum absolute atomic E-state index is 12.9. The Morgan fingerprint density at radius 2 is 1.74 bits per heavy atom. The number of aromatic hydroxyl groups is 1. The fourth-order valence-corrected chi connectivity index (χ4v) is 4.09. The Kier molecular flexibility index (Phi) is 4.15. The highest BCUT2D eigenvalue weighted by molar-refractivity contribution is 9.10. The molecule has 0 saturated heterocycles. The Bertz CT molecular complexity index is 1130. The van der Waals surface area contributed by atoms with E-state index in [9.17, 15) is 14.7 Å². The van der Waals surface area contributed by atoms with E-state index < -0.39 is 5.92 Å². The molecule has 1 unspecified atom stereocenters. The van der Waals surface area contributed by atoms with Gasteiger partial charge in [-0.25, -0.2) is 4.98 Å². The summed E-state index contributed by atoms with van der Waals surface area (Å²) < 4.78 is 0.456. The molecule has 5 heteroatoms. The third kappa shape index (κ3) is 2.69. The molecule has 0 radical (unpaired) electrons. The van der Waals surface area contributed by atoms with Gasteiger partial charge in [0, 0.05) is 16.5 Å². The molecule has 0 saturated carbocycles. The van der Waals surface area contributed by atoms with E-state index in [1.165, 1.54) is 0 Å². The van der Waals surface area contributed by atoms with Crippen LogP contribution in [0.5, 0.6) is 5.75 Å². The summed E-state index contributed by atoms with van der Waals surface area (Å²) in [5.74, 6) is -1.56. The van der Waals surface area contributed by atoms with Gasteiger partial charge in [-0.1, -0.05) is 37.6 Å². The van der Waals surface area contributed by atoms with Crippen LogP contribution in [0.3, 0.4) is 0 Å². The number of aromatic nitrogens is 1. The molecule has 136 valence electrons. The van der Waals surface area contributed by atoms with Crippen LogP contribution >= 0.6 is 15.9 Å². The highest BCUT2D eigenvalue weighted by Crippen LogP contribution is 2.42. The predicted octanol–water partition coefficient (Wildman–Crippen LogP) is 5.30. The maximum Gasteiger partial charge on any atom is 0.180 e. The Hall–Kier alpha value is -2.53. The van der Waals surface area contributed by atoms with E-state index in [4.69, 9.17) is 0 Å². The number of hydrogen-bond acceptors (Lipinski definition) is 4. The highest BCUT2D eigenvalue weighted by atomic mass is 79.9. The monoisotopic (exact) mass is 423 g/mol. The normalized spacial score (nSPS) is 16.4. The Labute approximate surface area is 165 Å². The van der Waals surface area contributed by atoms with Gasteiger partial charge in [-0.2, -0.15) is 0 Å². The molecule has 0 bridgehead atoms. The SMILES string of the molecule is Cc1ccc2c(c1)C(=O)C(c1nc3ccc(C(C)C)cc3c(Br)c1O)C2=O. The third-order valence-corrected chi connectivity index (χ3v) is 5.92. The van der Waals surface area contributed by atoms with Crippen LogP contribution < -0.4 is 0 Å². The quantitative estimate of drug-likeness (QED) is 0.567. The smallest absolute Gasteiger partial charge is 0.180 e.